The molecule has 0 radical (unpaired) electrons. The average Bonchev–Trinajstić information content (AvgIpc) is 3.38. The highest BCUT2D eigenvalue weighted by Gasteiger charge is 2.55. The Labute approximate surface area is 138 Å². The lowest BCUT2D eigenvalue weighted by molar-refractivity contribution is -0.135. The van der Waals surface area contributed by atoms with Crippen LogP contribution in [0.1, 0.15) is 51.4 Å². The van der Waals surface area contributed by atoms with Gasteiger partial charge in [-0.05, 0) is 32.1 Å². The molecule has 2 saturated carbocycles. The van der Waals surface area contributed by atoms with Gasteiger partial charge in [0.15, 0.2) is 0 Å². The maximum atomic E-state index is 12.1. The van der Waals surface area contributed by atoms with E-state index >= 15 is 0 Å². The van der Waals surface area contributed by atoms with Gasteiger partial charge in [0.25, 0.3) is 0 Å². The van der Waals surface area contributed by atoms with Gasteiger partial charge in [-0.3, -0.25) is 14.5 Å². The molecule has 3 N–H and O–H groups in total. The van der Waals surface area contributed by atoms with E-state index in [1.54, 1.807) is 0 Å². The molecule has 1 saturated heterocycles. The molecular weight excluding hydrogens is 294 g/mol. The molecule has 0 aromatic carbocycles. The van der Waals surface area contributed by atoms with E-state index in [2.05, 4.69) is 10.2 Å². The standard InChI is InChI=1S/C17H29N3O3/c18-15(21)17(7-8-17)16(22)19-9-6-14-12-20(10-11-23-14)13-4-2-1-3-5-13/h13-14H,1-12H2,(H2,18,21)(H,19,22). The summed E-state index contributed by atoms with van der Waals surface area (Å²) in [6.45, 7) is 3.32. The van der Waals surface area contributed by atoms with Crippen molar-refractivity contribution in [3.8, 4) is 0 Å². The van der Waals surface area contributed by atoms with Crippen LogP contribution in [0.2, 0.25) is 0 Å². The fourth-order valence-corrected chi connectivity index (χ4v) is 3.92. The van der Waals surface area contributed by atoms with Crippen molar-refractivity contribution in [1.29, 1.82) is 0 Å². The van der Waals surface area contributed by atoms with Crippen LogP contribution >= 0.6 is 0 Å². The van der Waals surface area contributed by atoms with Gasteiger partial charge in [-0.15, -0.1) is 0 Å². The summed E-state index contributed by atoms with van der Waals surface area (Å²) in [6.07, 6.45) is 8.83. The minimum absolute atomic E-state index is 0.176. The number of nitrogens with zero attached hydrogens (tertiary/aromatic N) is 1. The summed E-state index contributed by atoms with van der Waals surface area (Å²) in [7, 11) is 0. The number of nitrogens with one attached hydrogen (secondary N) is 1. The number of rotatable bonds is 6. The Morgan fingerprint density at radius 1 is 1.22 bits per heavy atom. The van der Waals surface area contributed by atoms with Crippen LogP contribution in [-0.2, 0) is 14.3 Å². The lowest BCUT2D eigenvalue weighted by Gasteiger charge is -2.40. The molecule has 3 rings (SSSR count). The van der Waals surface area contributed by atoms with E-state index in [0.717, 1.165) is 26.1 Å². The quantitative estimate of drug-likeness (QED) is 0.708. The van der Waals surface area contributed by atoms with E-state index in [0.29, 0.717) is 25.4 Å². The van der Waals surface area contributed by atoms with E-state index < -0.39 is 11.3 Å². The van der Waals surface area contributed by atoms with Gasteiger partial charge in [0, 0.05) is 25.7 Å². The molecule has 0 bridgehead atoms. The van der Waals surface area contributed by atoms with Gasteiger partial charge in [0.2, 0.25) is 11.8 Å². The maximum Gasteiger partial charge on any atom is 0.235 e. The highest BCUT2D eigenvalue weighted by atomic mass is 16.5. The second-order valence-electron chi connectivity index (χ2n) is 7.27. The lowest BCUT2D eigenvalue weighted by atomic mass is 9.93. The molecule has 1 unspecified atom stereocenters. The summed E-state index contributed by atoms with van der Waals surface area (Å²) in [4.78, 5) is 26.0. The highest BCUT2D eigenvalue weighted by molar-refractivity contribution is 6.07. The average molecular weight is 323 g/mol. The van der Waals surface area contributed by atoms with Crippen LogP contribution in [0.15, 0.2) is 0 Å². The molecule has 3 fully saturated rings. The van der Waals surface area contributed by atoms with Crippen LogP contribution in [0.25, 0.3) is 0 Å². The van der Waals surface area contributed by atoms with Crippen LogP contribution in [0.4, 0.5) is 0 Å². The topological polar surface area (TPSA) is 84.7 Å². The minimum Gasteiger partial charge on any atom is -0.375 e. The first-order chi connectivity index (χ1) is 11.1. The van der Waals surface area contributed by atoms with Crippen molar-refractivity contribution in [2.45, 2.75) is 63.5 Å². The molecule has 0 spiro atoms. The van der Waals surface area contributed by atoms with Gasteiger partial charge < -0.3 is 15.8 Å². The van der Waals surface area contributed by atoms with Crippen molar-refractivity contribution in [3.05, 3.63) is 0 Å². The SMILES string of the molecule is NC(=O)C1(C(=O)NCCC2CN(C3CCCCC3)CCO2)CC1. The van der Waals surface area contributed by atoms with Crippen molar-refractivity contribution in [2.75, 3.05) is 26.2 Å². The fourth-order valence-electron chi connectivity index (χ4n) is 3.92. The number of carbonyl (C=O) groups is 2. The zero-order valence-corrected chi connectivity index (χ0v) is 13.9. The smallest absolute Gasteiger partial charge is 0.235 e. The summed E-state index contributed by atoms with van der Waals surface area (Å²) in [5, 5.41) is 2.87. The zero-order chi connectivity index (χ0) is 16.3. The Morgan fingerprint density at radius 3 is 2.61 bits per heavy atom. The largest absolute Gasteiger partial charge is 0.375 e. The molecule has 3 aliphatic rings. The number of hydrogen-bond donors (Lipinski definition) is 2. The number of morpholine rings is 1. The van der Waals surface area contributed by atoms with Crippen molar-refractivity contribution in [3.63, 3.8) is 0 Å². The Kier molecular flexibility index (Phi) is 5.21. The summed E-state index contributed by atoms with van der Waals surface area (Å²) in [5.41, 5.74) is 4.40. The van der Waals surface area contributed by atoms with Crippen molar-refractivity contribution < 1.29 is 14.3 Å². The van der Waals surface area contributed by atoms with E-state index in [-0.39, 0.29) is 12.0 Å². The molecule has 2 aliphatic carbocycles. The Morgan fingerprint density at radius 2 is 1.96 bits per heavy atom. The first kappa shape index (κ1) is 16.7. The van der Waals surface area contributed by atoms with Gasteiger partial charge in [0.05, 0.1) is 12.7 Å². The van der Waals surface area contributed by atoms with Crippen molar-refractivity contribution in [1.82, 2.24) is 10.2 Å². The van der Waals surface area contributed by atoms with Gasteiger partial charge in [-0.25, -0.2) is 0 Å². The van der Waals surface area contributed by atoms with Crippen molar-refractivity contribution in [2.24, 2.45) is 11.1 Å². The van der Waals surface area contributed by atoms with Crippen LogP contribution in [0.5, 0.6) is 0 Å². The van der Waals surface area contributed by atoms with Crippen LogP contribution in [0, 0.1) is 5.41 Å². The first-order valence-electron chi connectivity index (χ1n) is 9.06. The molecule has 130 valence electrons. The van der Waals surface area contributed by atoms with Crippen LogP contribution in [-0.4, -0.2) is 55.1 Å². The molecule has 0 aromatic rings. The van der Waals surface area contributed by atoms with E-state index in [4.69, 9.17) is 10.5 Å². The Hall–Kier alpha value is -1.14. The third kappa shape index (κ3) is 3.86. The number of hydrogen-bond acceptors (Lipinski definition) is 4. The van der Waals surface area contributed by atoms with Crippen LogP contribution < -0.4 is 11.1 Å². The molecular formula is C17H29N3O3. The van der Waals surface area contributed by atoms with E-state index in [1.165, 1.54) is 32.1 Å². The Bertz CT molecular complexity index is 444. The Balaban J connectivity index is 1.40. The molecule has 2 amide bonds. The number of carbonyl (C=O) groups excluding carboxylic acids is 2. The molecule has 0 aromatic heterocycles. The van der Waals surface area contributed by atoms with Gasteiger partial charge >= 0.3 is 0 Å². The number of amides is 2. The molecule has 6 heteroatoms. The second-order valence-corrected chi connectivity index (χ2v) is 7.27. The van der Waals surface area contributed by atoms with Crippen LogP contribution in [0.3, 0.4) is 0 Å². The molecule has 6 nitrogen and oxygen atoms in total. The van der Waals surface area contributed by atoms with E-state index in [1.807, 2.05) is 0 Å². The number of ether oxygens (including phenoxy) is 1. The minimum atomic E-state index is -0.915. The highest BCUT2D eigenvalue weighted by Crippen LogP contribution is 2.45. The second kappa shape index (κ2) is 7.18. The predicted octanol–water partition coefficient (Wildman–Crippen LogP) is 0.792. The normalized spacial score (nSPS) is 28.3. The molecule has 1 atom stereocenters. The lowest BCUT2D eigenvalue weighted by Crippen LogP contribution is -2.49. The predicted molar refractivity (Wildman–Crippen MR) is 86.7 cm³/mol. The number of nitrogens with two attached hydrogens (primary N) is 1. The summed E-state index contributed by atoms with van der Waals surface area (Å²) in [5.74, 6) is -0.697. The molecule has 1 heterocycles. The third-order valence-electron chi connectivity index (χ3n) is 5.67. The van der Waals surface area contributed by atoms with Gasteiger partial charge in [-0.1, -0.05) is 19.3 Å². The van der Waals surface area contributed by atoms with E-state index in [9.17, 15) is 9.59 Å². The summed E-state index contributed by atoms with van der Waals surface area (Å²) in [6, 6.07) is 0.717. The maximum absolute atomic E-state index is 12.1. The summed E-state index contributed by atoms with van der Waals surface area (Å²) >= 11 is 0. The van der Waals surface area contributed by atoms with Crippen molar-refractivity contribution >= 4 is 11.8 Å². The van der Waals surface area contributed by atoms with Gasteiger partial charge in [-0.2, -0.15) is 0 Å². The zero-order valence-electron chi connectivity index (χ0n) is 13.9. The third-order valence-corrected chi connectivity index (χ3v) is 5.67. The fraction of sp³-hybridized carbons (Fsp3) is 0.882. The summed E-state index contributed by atoms with van der Waals surface area (Å²) < 4.78 is 5.84. The monoisotopic (exact) mass is 323 g/mol. The first-order valence-corrected chi connectivity index (χ1v) is 9.06. The molecule has 23 heavy (non-hydrogen) atoms. The number of primary amides is 1. The van der Waals surface area contributed by atoms with Gasteiger partial charge in [0.1, 0.15) is 5.41 Å². The molecule has 1 aliphatic heterocycles.